The van der Waals surface area contributed by atoms with E-state index in [0.29, 0.717) is 30.4 Å². The number of nitrogens with zero attached hydrogens (tertiary/aromatic N) is 4. The van der Waals surface area contributed by atoms with Crippen LogP contribution in [0.2, 0.25) is 0 Å². The molecule has 9 heteroatoms. The molecule has 0 aliphatic carbocycles. The standard InChI is InChI=1S/C15H15Cl3FN5/c16-15(17,18)13-21-12(9-1-3-10(19)4-2-9)22-14(23-13)24-7-5-11(20)6-8-24/h1-4,11H,5-8,20H2. The summed E-state index contributed by atoms with van der Waals surface area (Å²) in [6.07, 6.45) is 1.67. The Kier molecular flexibility index (Phi) is 5.11. The van der Waals surface area contributed by atoms with E-state index >= 15 is 0 Å². The van der Waals surface area contributed by atoms with Gasteiger partial charge in [0, 0.05) is 24.7 Å². The van der Waals surface area contributed by atoms with Crippen molar-refractivity contribution in [2.24, 2.45) is 5.73 Å². The van der Waals surface area contributed by atoms with Gasteiger partial charge in [0.1, 0.15) is 5.82 Å². The number of halogens is 4. The van der Waals surface area contributed by atoms with Gasteiger partial charge in [0.05, 0.1) is 0 Å². The van der Waals surface area contributed by atoms with Crippen LogP contribution in [0.1, 0.15) is 18.7 Å². The van der Waals surface area contributed by atoms with Crippen molar-refractivity contribution in [1.82, 2.24) is 15.0 Å². The van der Waals surface area contributed by atoms with Crippen molar-refractivity contribution in [2.45, 2.75) is 22.7 Å². The zero-order chi connectivity index (χ0) is 17.3. The van der Waals surface area contributed by atoms with Gasteiger partial charge in [-0.05, 0) is 37.1 Å². The Balaban J connectivity index is 2.02. The van der Waals surface area contributed by atoms with E-state index in [0.717, 1.165) is 12.8 Å². The normalized spacial score (nSPS) is 16.5. The Morgan fingerprint density at radius 2 is 1.67 bits per heavy atom. The van der Waals surface area contributed by atoms with E-state index < -0.39 is 3.79 Å². The van der Waals surface area contributed by atoms with Gasteiger partial charge in [0.15, 0.2) is 11.6 Å². The molecule has 0 unspecified atom stereocenters. The Morgan fingerprint density at radius 3 is 2.25 bits per heavy atom. The fourth-order valence-corrected chi connectivity index (χ4v) is 2.71. The maximum absolute atomic E-state index is 13.1. The molecule has 0 saturated carbocycles. The van der Waals surface area contributed by atoms with E-state index in [1.165, 1.54) is 12.1 Å². The van der Waals surface area contributed by atoms with Crippen LogP contribution in [0.15, 0.2) is 24.3 Å². The van der Waals surface area contributed by atoms with Crippen molar-refractivity contribution >= 4 is 40.8 Å². The predicted molar refractivity (Wildman–Crippen MR) is 93.9 cm³/mol. The SMILES string of the molecule is NC1CCN(c2nc(-c3ccc(F)cc3)nc(C(Cl)(Cl)Cl)n2)CC1. The maximum atomic E-state index is 13.1. The summed E-state index contributed by atoms with van der Waals surface area (Å²) >= 11 is 17.9. The van der Waals surface area contributed by atoms with Crippen LogP contribution in [-0.2, 0) is 3.79 Å². The topological polar surface area (TPSA) is 67.9 Å². The van der Waals surface area contributed by atoms with E-state index in [4.69, 9.17) is 40.5 Å². The first-order valence-electron chi connectivity index (χ1n) is 7.42. The molecule has 1 aliphatic rings. The molecule has 1 aliphatic heterocycles. The first-order valence-corrected chi connectivity index (χ1v) is 8.56. The van der Waals surface area contributed by atoms with Crippen LogP contribution in [0, 0.1) is 5.82 Å². The van der Waals surface area contributed by atoms with Gasteiger partial charge in [0.25, 0.3) is 0 Å². The highest BCUT2D eigenvalue weighted by Gasteiger charge is 2.30. The zero-order valence-electron chi connectivity index (χ0n) is 12.6. The number of hydrogen-bond donors (Lipinski definition) is 1. The van der Waals surface area contributed by atoms with Crippen LogP contribution in [-0.4, -0.2) is 34.1 Å². The number of hydrogen-bond acceptors (Lipinski definition) is 5. The van der Waals surface area contributed by atoms with Crippen molar-refractivity contribution in [3.63, 3.8) is 0 Å². The number of nitrogens with two attached hydrogens (primary N) is 1. The third-order valence-corrected chi connectivity index (χ3v) is 4.31. The van der Waals surface area contributed by atoms with Crippen LogP contribution in [0.25, 0.3) is 11.4 Å². The molecule has 128 valence electrons. The molecule has 1 aromatic heterocycles. The first kappa shape index (κ1) is 17.6. The molecule has 1 saturated heterocycles. The van der Waals surface area contributed by atoms with Crippen molar-refractivity contribution in [3.05, 3.63) is 35.9 Å². The molecule has 2 heterocycles. The highest BCUT2D eigenvalue weighted by Crippen LogP contribution is 2.37. The Labute approximate surface area is 154 Å². The molecule has 3 rings (SSSR count). The van der Waals surface area contributed by atoms with E-state index in [2.05, 4.69) is 15.0 Å². The Hall–Kier alpha value is -1.21. The Bertz CT molecular complexity index is 712. The molecule has 1 aromatic carbocycles. The van der Waals surface area contributed by atoms with Crippen molar-refractivity contribution in [3.8, 4) is 11.4 Å². The monoisotopic (exact) mass is 389 g/mol. The molecule has 2 N–H and O–H groups in total. The lowest BCUT2D eigenvalue weighted by molar-refractivity contribution is 0.494. The number of anilines is 1. The zero-order valence-corrected chi connectivity index (χ0v) is 14.9. The lowest BCUT2D eigenvalue weighted by Crippen LogP contribution is -2.40. The van der Waals surface area contributed by atoms with Crippen molar-refractivity contribution in [1.29, 1.82) is 0 Å². The molecule has 2 aromatic rings. The van der Waals surface area contributed by atoms with E-state index in [1.54, 1.807) is 12.1 Å². The summed E-state index contributed by atoms with van der Waals surface area (Å²) in [5.41, 5.74) is 6.55. The highest BCUT2D eigenvalue weighted by atomic mass is 35.6. The number of alkyl halides is 3. The van der Waals surface area contributed by atoms with E-state index in [1.807, 2.05) is 4.90 Å². The summed E-state index contributed by atoms with van der Waals surface area (Å²) in [5, 5.41) is 0. The van der Waals surface area contributed by atoms with Gasteiger partial charge in [-0.3, -0.25) is 0 Å². The third-order valence-electron chi connectivity index (χ3n) is 3.80. The minimum Gasteiger partial charge on any atom is -0.341 e. The highest BCUT2D eigenvalue weighted by molar-refractivity contribution is 6.66. The second-order valence-electron chi connectivity index (χ2n) is 5.61. The minimum atomic E-state index is -1.78. The smallest absolute Gasteiger partial charge is 0.250 e. The fourth-order valence-electron chi connectivity index (χ4n) is 2.46. The van der Waals surface area contributed by atoms with Crippen LogP contribution in [0.3, 0.4) is 0 Å². The summed E-state index contributed by atoms with van der Waals surface area (Å²) in [6, 6.07) is 5.97. The lowest BCUT2D eigenvalue weighted by Gasteiger charge is -2.30. The molecule has 0 amide bonds. The number of piperidine rings is 1. The number of rotatable bonds is 2. The van der Waals surface area contributed by atoms with Gasteiger partial charge >= 0.3 is 0 Å². The molecule has 0 bridgehead atoms. The molecular weight excluding hydrogens is 376 g/mol. The van der Waals surface area contributed by atoms with Crippen LogP contribution in [0.4, 0.5) is 10.3 Å². The second-order valence-corrected chi connectivity index (χ2v) is 7.89. The summed E-state index contributed by atoms with van der Waals surface area (Å²) < 4.78 is 11.4. The summed E-state index contributed by atoms with van der Waals surface area (Å²) in [5.74, 6) is 0.445. The molecule has 0 spiro atoms. The average molecular weight is 391 g/mol. The molecular formula is C15H15Cl3FN5. The van der Waals surface area contributed by atoms with Gasteiger partial charge in [-0.15, -0.1) is 0 Å². The third kappa shape index (κ3) is 4.06. The van der Waals surface area contributed by atoms with Crippen LogP contribution in [0.5, 0.6) is 0 Å². The molecule has 0 atom stereocenters. The van der Waals surface area contributed by atoms with Crippen molar-refractivity contribution < 1.29 is 4.39 Å². The maximum Gasteiger partial charge on any atom is 0.250 e. The van der Waals surface area contributed by atoms with Crippen LogP contribution >= 0.6 is 34.8 Å². The fraction of sp³-hybridized carbons (Fsp3) is 0.400. The van der Waals surface area contributed by atoms with Crippen LogP contribution < -0.4 is 10.6 Å². The average Bonchev–Trinajstić information content (AvgIpc) is 2.55. The molecule has 1 fully saturated rings. The summed E-state index contributed by atoms with van der Waals surface area (Å²) in [4.78, 5) is 15.0. The summed E-state index contributed by atoms with van der Waals surface area (Å²) in [7, 11) is 0. The molecule has 0 radical (unpaired) electrons. The van der Waals surface area contributed by atoms with Crippen molar-refractivity contribution in [2.75, 3.05) is 18.0 Å². The lowest BCUT2D eigenvalue weighted by atomic mass is 10.1. The number of benzene rings is 1. The van der Waals surface area contributed by atoms with Gasteiger partial charge in [-0.1, -0.05) is 34.8 Å². The Morgan fingerprint density at radius 1 is 1.04 bits per heavy atom. The minimum absolute atomic E-state index is 0.0340. The largest absolute Gasteiger partial charge is 0.341 e. The predicted octanol–water partition coefficient (Wildman–Crippen LogP) is 3.43. The number of aromatic nitrogens is 3. The quantitative estimate of drug-likeness (QED) is 0.796. The van der Waals surface area contributed by atoms with E-state index in [9.17, 15) is 4.39 Å². The molecule has 24 heavy (non-hydrogen) atoms. The van der Waals surface area contributed by atoms with Gasteiger partial charge in [0.2, 0.25) is 9.74 Å². The summed E-state index contributed by atoms with van der Waals surface area (Å²) in [6.45, 7) is 1.43. The van der Waals surface area contributed by atoms with Gasteiger partial charge in [-0.25, -0.2) is 9.37 Å². The molecule has 5 nitrogen and oxygen atoms in total. The first-order chi connectivity index (χ1) is 11.3. The van der Waals surface area contributed by atoms with E-state index in [-0.39, 0.29) is 17.7 Å². The van der Waals surface area contributed by atoms with Gasteiger partial charge in [-0.2, -0.15) is 9.97 Å². The second kappa shape index (κ2) is 6.96. The van der Waals surface area contributed by atoms with Gasteiger partial charge < -0.3 is 10.6 Å².